The Labute approximate surface area is 101 Å². The maximum absolute atomic E-state index is 11.5. The van der Waals surface area contributed by atoms with Crippen LogP contribution in [0.4, 0.5) is 4.79 Å². The fraction of sp³-hybridized carbons (Fsp3) is 0.727. The summed E-state index contributed by atoms with van der Waals surface area (Å²) < 4.78 is 5.02. The summed E-state index contributed by atoms with van der Waals surface area (Å²) in [7, 11) is 1.47. The molecule has 0 spiro atoms. The Morgan fingerprint density at radius 3 is 2.35 bits per heavy atom. The molecule has 0 aliphatic rings. The van der Waals surface area contributed by atoms with Crippen LogP contribution in [-0.4, -0.2) is 37.0 Å². The normalized spacial score (nSPS) is 12.5. The Morgan fingerprint density at radius 2 is 1.94 bits per heavy atom. The Balaban J connectivity index is 4.37. The molecule has 0 aromatic heterocycles. The fourth-order valence-corrected chi connectivity index (χ4v) is 1.13. The lowest BCUT2D eigenvalue weighted by molar-refractivity contribution is -0.123. The number of rotatable bonds is 5. The number of nitrogens with one attached hydrogen (secondary N) is 2. The number of alkyl carbamates (subject to hydrolysis) is 1. The van der Waals surface area contributed by atoms with Crippen LogP contribution in [0.15, 0.2) is 0 Å². The smallest absolute Gasteiger partial charge is 0.408 e. The second-order valence-electron chi connectivity index (χ2n) is 4.56. The summed E-state index contributed by atoms with van der Waals surface area (Å²) in [5.41, 5.74) is -0.623. The zero-order valence-electron chi connectivity index (χ0n) is 10.7. The van der Waals surface area contributed by atoms with Gasteiger partial charge in [0, 0.05) is 13.5 Å². The van der Waals surface area contributed by atoms with Crippen LogP contribution >= 0.6 is 0 Å². The second kappa shape index (κ2) is 6.88. The molecule has 2 N–H and O–H groups in total. The number of carbonyl (C=O) groups excluding carboxylic acids is 3. The number of hydrogen-bond acceptors (Lipinski definition) is 4. The van der Waals surface area contributed by atoms with Crippen molar-refractivity contribution >= 4 is 18.3 Å². The quantitative estimate of drug-likeness (QED) is 0.694. The van der Waals surface area contributed by atoms with Crippen molar-refractivity contribution in [3.8, 4) is 0 Å². The van der Waals surface area contributed by atoms with E-state index in [1.807, 2.05) is 0 Å². The highest BCUT2D eigenvalue weighted by Gasteiger charge is 2.23. The summed E-state index contributed by atoms with van der Waals surface area (Å²) >= 11 is 0. The van der Waals surface area contributed by atoms with Crippen molar-refractivity contribution < 1.29 is 19.1 Å². The van der Waals surface area contributed by atoms with Gasteiger partial charge in [0.05, 0.1) is 0 Å². The van der Waals surface area contributed by atoms with Gasteiger partial charge in [-0.2, -0.15) is 0 Å². The van der Waals surface area contributed by atoms with Gasteiger partial charge in [0.15, 0.2) is 0 Å². The van der Waals surface area contributed by atoms with Gasteiger partial charge >= 0.3 is 6.09 Å². The summed E-state index contributed by atoms with van der Waals surface area (Å²) in [5, 5.41) is 4.84. The molecule has 0 saturated carbocycles. The molecular formula is C11H20N2O4. The summed E-state index contributed by atoms with van der Waals surface area (Å²) in [6.07, 6.45) is 0.486. The molecule has 6 nitrogen and oxygen atoms in total. The summed E-state index contributed by atoms with van der Waals surface area (Å²) in [5.74, 6) is -0.349. The molecule has 1 atom stereocenters. The minimum Gasteiger partial charge on any atom is -0.444 e. The van der Waals surface area contributed by atoms with Gasteiger partial charge in [0.2, 0.25) is 5.91 Å². The van der Waals surface area contributed by atoms with E-state index in [4.69, 9.17) is 4.74 Å². The first kappa shape index (κ1) is 15.4. The monoisotopic (exact) mass is 244 g/mol. The summed E-state index contributed by atoms with van der Waals surface area (Å²) in [6.45, 7) is 5.19. The van der Waals surface area contributed by atoms with Gasteiger partial charge in [0.1, 0.15) is 17.9 Å². The Morgan fingerprint density at radius 1 is 1.35 bits per heavy atom. The van der Waals surface area contributed by atoms with Crippen LogP contribution in [0.1, 0.15) is 33.6 Å². The molecule has 0 rings (SSSR count). The number of ether oxygens (including phenoxy) is 1. The lowest BCUT2D eigenvalue weighted by Crippen LogP contribution is -2.47. The molecule has 0 aliphatic heterocycles. The highest BCUT2D eigenvalue weighted by molar-refractivity contribution is 5.85. The van der Waals surface area contributed by atoms with Gasteiger partial charge in [-0.1, -0.05) is 0 Å². The van der Waals surface area contributed by atoms with E-state index < -0.39 is 17.7 Å². The SMILES string of the molecule is CNC(=O)C(CCC=O)NC(=O)OC(C)(C)C. The van der Waals surface area contributed by atoms with Crippen LogP contribution in [0, 0.1) is 0 Å². The summed E-state index contributed by atoms with van der Waals surface area (Å²) in [4.78, 5) is 33.1. The molecule has 0 aromatic carbocycles. The third kappa shape index (κ3) is 7.32. The Bertz CT molecular complexity index is 284. The molecule has 2 amide bonds. The molecule has 0 aromatic rings. The lowest BCUT2D eigenvalue weighted by Gasteiger charge is -2.22. The van der Waals surface area contributed by atoms with Crippen molar-refractivity contribution in [1.82, 2.24) is 10.6 Å². The zero-order chi connectivity index (χ0) is 13.5. The van der Waals surface area contributed by atoms with E-state index >= 15 is 0 Å². The first-order chi connectivity index (χ1) is 7.80. The van der Waals surface area contributed by atoms with Gasteiger partial charge in [0.25, 0.3) is 0 Å². The number of carbonyl (C=O) groups is 3. The van der Waals surface area contributed by atoms with Crippen molar-refractivity contribution in [3.05, 3.63) is 0 Å². The number of hydrogen-bond donors (Lipinski definition) is 2. The van der Waals surface area contributed by atoms with Crippen molar-refractivity contribution in [1.29, 1.82) is 0 Å². The van der Waals surface area contributed by atoms with Crippen molar-refractivity contribution in [2.45, 2.75) is 45.3 Å². The topological polar surface area (TPSA) is 84.5 Å². The molecule has 98 valence electrons. The molecule has 6 heteroatoms. The predicted octanol–water partition coefficient (Wildman–Crippen LogP) is 0.605. The third-order valence-corrected chi connectivity index (χ3v) is 1.83. The van der Waals surface area contributed by atoms with E-state index in [1.165, 1.54) is 7.05 Å². The highest BCUT2D eigenvalue weighted by Crippen LogP contribution is 2.07. The van der Waals surface area contributed by atoms with Crippen LogP contribution in [0.2, 0.25) is 0 Å². The first-order valence-corrected chi connectivity index (χ1v) is 5.45. The van der Waals surface area contributed by atoms with Gasteiger partial charge < -0.3 is 20.2 Å². The second-order valence-corrected chi connectivity index (χ2v) is 4.56. The molecular weight excluding hydrogens is 224 g/mol. The average Bonchev–Trinajstić information content (AvgIpc) is 2.20. The maximum Gasteiger partial charge on any atom is 0.408 e. The maximum atomic E-state index is 11.5. The Hall–Kier alpha value is -1.59. The number of amides is 2. The lowest BCUT2D eigenvalue weighted by atomic mass is 10.1. The van der Waals surface area contributed by atoms with Crippen LogP contribution in [0.3, 0.4) is 0 Å². The van der Waals surface area contributed by atoms with E-state index in [9.17, 15) is 14.4 Å². The molecule has 0 bridgehead atoms. The van der Waals surface area contributed by atoms with Crippen LogP contribution in [0.25, 0.3) is 0 Å². The van der Waals surface area contributed by atoms with Gasteiger partial charge in [-0.3, -0.25) is 4.79 Å². The van der Waals surface area contributed by atoms with Crippen molar-refractivity contribution in [2.75, 3.05) is 7.05 Å². The minimum absolute atomic E-state index is 0.202. The predicted molar refractivity (Wildman–Crippen MR) is 62.5 cm³/mol. The highest BCUT2D eigenvalue weighted by atomic mass is 16.6. The van der Waals surface area contributed by atoms with Crippen LogP contribution < -0.4 is 10.6 Å². The number of aldehydes is 1. The zero-order valence-corrected chi connectivity index (χ0v) is 10.7. The van der Waals surface area contributed by atoms with E-state index in [0.29, 0.717) is 6.29 Å². The van der Waals surface area contributed by atoms with Gasteiger partial charge in [-0.05, 0) is 27.2 Å². The fourth-order valence-electron chi connectivity index (χ4n) is 1.13. The van der Waals surface area contributed by atoms with Crippen molar-refractivity contribution in [2.24, 2.45) is 0 Å². The van der Waals surface area contributed by atoms with Gasteiger partial charge in [-0.25, -0.2) is 4.79 Å². The van der Waals surface area contributed by atoms with Crippen molar-refractivity contribution in [3.63, 3.8) is 0 Å². The van der Waals surface area contributed by atoms with E-state index in [2.05, 4.69) is 10.6 Å². The van der Waals surface area contributed by atoms with E-state index in [-0.39, 0.29) is 18.7 Å². The molecule has 1 unspecified atom stereocenters. The average molecular weight is 244 g/mol. The van der Waals surface area contributed by atoms with E-state index in [0.717, 1.165) is 0 Å². The number of likely N-dealkylation sites (N-methyl/N-ethyl adjacent to an activating group) is 1. The molecule has 0 heterocycles. The molecule has 0 radical (unpaired) electrons. The molecule has 17 heavy (non-hydrogen) atoms. The van der Waals surface area contributed by atoms with Gasteiger partial charge in [-0.15, -0.1) is 0 Å². The van der Waals surface area contributed by atoms with E-state index in [1.54, 1.807) is 20.8 Å². The third-order valence-electron chi connectivity index (χ3n) is 1.83. The molecule has 0 saturated heterocycles. The first-order valence-electron chi connectivity index (χ1n) is 5.45. The molecule has 0 fully saturated rings. The summed E-state index contributed by atoms with van der Waals surface area (Å²) in [6, 6.07) is -0.750. The minimum atomic E-state index is -0.750. The largest absolute Gasteiger partial charge is 0.444 e. The molecule has 0 aliphatic carbocycles. The van der Waals surface area contributed by atoms with Crippen LogP contribution in [-0.2, 0) is 14.3 Å². The van der Waals surface area contributed by atoms with Crippen LogP contribution in [0.5, 0.6) is 0 Å². The Kier molecular flexibility index (Phi) is 6.23. The standard InChI is InChI=1S/C11H20N2O4/c1-11(2,3)17-10(16)13-8(6-5-7-14)9(15)12-4/h7-8H,5-6H2,1-4H3,(H,12,15)(H,13,16).